The standard InChI is InChI=1S/C40H30BN/c1-2-8-25(9-3-1)29-19-21-30-31-12-7-15-37-40(31)41(34(30)24-29)33-13-4-5-14-36(33)42(37)35-23-20-28-17-16-26-10-6-11-27-18-22-32(35)39(28)38(26)27/h4-7,10-25H,1-3,8-9H2. The predicted molar refractivity (Wildman–Crippen MR) is 181 cm³/mol. The molecule has 2 aliphatic heterocycles. The van der Waals surface area contributed by atoms with Gasteiger partial charge in [0.25, 0.3) is 0 Å². The first-order valence-electron chi connectivity index (χ1n) is 15.7. The molecule has 2 heteroatoms. The molecule has 0 saturated heterocycles. The molecule has 0 aromatic heterocycles. The normalized spacial score (nSPS) is 15.9. The zero-order valence-electron chi connectivity index (χ0n) is 23.6. The Morgan fingerprint density at radius 3 is 2.14 bits per heavy atom. The molecule has 2 heterocycles. The summed E-state index contributed by atoms with van der Waals surface area (Å²) in [6.07, 6.45) is 6.80. The molecule has 1 saturated carbocycles. The first kappa shape index (κ1) is 23.1. The van der Waals surface area contributed by atoms with Gasteiger partial charge >= 0.3 is 0 Å². The van der Waals surface area contributed by atoms with E-state index in [-0.39, 0.29) is 6.71 Å². The van der Waals surface area contributed by atoms with E-state index in [1.807, 2.05) is 0 Å². The van der Waals surface area contributed by atoms with Crippen LogP contribution in [0.2, 0.25) is 0 Å². The van der Waals surface area contributed by atoms with Crippen molar-refractivity contribution in [2.24, 2.45) is 0 Å². The third kappa shape index (κ3) is 3.00. The van der Waals surface area contributed by atoms with Gasteiger partial charge < -0.3 is 4.90 Å². The second-order valence-corrected chi connectivity index (χ2v) is 12.7. The Kier molecular flexibility index (Phi) is 4.66. The molecule has 3 aliphatic rings. The van der Waals surface area contributed by atoms with Crippen LogP contribution in [0.3, 0.4) is 0 Å². The van der Waals surface area contributed by atoms with Crippen LogP contribution in [0, 0.1) is 0 Å². The molecule has 198 valence electrons. The van der Waals surface area contributed by atoms with Gasteiger partial charge in [-0.25, -0.2) is 0 Å². The first-order valence-corrected chi connectivity index (χ1v) is 15.7. The van der Waals surface area contributed by atoms with Crippen LogP contribution in [0.25, 0.3) is 43.4 Å². The Bertz CT molecular complexity index is 2190. The number of benzene rings is 7. The van der Waals surface area contributed by atoms with E-state index in [0.29, 0.717) is 5.92 Å². The average Bonchev–Trinajstić information content (AvgIpc) is 3.39. The molecule has 0 amide bonds. The zero-order valence-corrected chi connectivity index (χ0v) is 23.6. The quantitative estimate of drug-likeness (QED) is 0.158. The summed E-state index contributed by atoms with van der Waals surface area (Å²) in [5, 5.41) is 7.99. The van der Waals surface area contributed by atoms with Crippen LogP contribution < -0.4 is 21.3 Å². The lowest BCUT2D eigenvalue weighted by atomic mass is 9.37. The average molecular weight is 535 g/mol. The molecule has 42 heavy (non-hydrogen) atoms. The van der Waals surface area contributed by atoms with E-state index < -0.39 is 0 Å². The molecule has 0 atom stereocenters. The molecular weight excluding hydrogens is 505 g/mol. The van der Waals surface area contributed by atoms with Crippen molar-refractivity contribution in [3.63, 3.8) is 0 Å². The highest BCUT2D eigenvalue weighted by Gasteiger charge is 2.42. The summed E-state index contributed by atoms with van der Waals surface area (Å²) in [4.78, 5) is 2.56. The molecule has 10 rings (SSSR count). The number of fused-ring (bicyclic) bond motifs is 5. The summed E-state index contributed by atoms with van der Waals surface area (Å²) in [5.41, 5.74) is 12.7. The maximum atomic E-state index is 2.59. The van der Waals surface area contributed by atoms with Crippen molar-refractivity contribution in [2.75, 3.05) is 4.90 Å². The van der Waals surface area contributed by atoms with Crippen molar-refractivity contribution >= 4 is 72.5 Å². The van der Waals surface area contributed by atoms with Gasteiger partial charge in [0.05, 0.1) is 5.69 Å². The zero-order chi connectivity index (χ0) is 27.4. The maximum absolute atomic E-state index is 2.59. The van der Waals surface area contributed by atoms with Crippen molar-refractivity contribution in [3.05, 3.63) is 121 Å². The van der Waals surface area contributed by atoms with Gasteiger partial charge in [0, 0.05) is 16.8 Å². The van der Waals surface area contributed by atoms with E-state index in [4.69, 9.17) is 0 Å². The number of hydrogen-bond acceptors (Lipinski definition) is 1. The van der Waals surface area contributed by atoms with Crippen LogP contribution in [0.1, 0.15) is 43.6 Å². The Labute approximate surface area is 246 Å². The van der Waals surface area contributed by atoms with Gasteiger partial charge in [0.1, 0.15) is 0 Å². The van der Waals surface area contributed by atoms with E-state index in [9.17, 15) is 0 Å². The number of anilines is 3. The van der Waals surface area contributed by atoms with Gasteiger partial charge in [-0.1, -0.05) is 122 Å². The molecular formula is C40H30BN. The van der Waals surface area contributed by atoms with Crippen LogP contribution in [0.5, 0.6) is 0 Å². The van der Waals surface area contributed by atoms with Crippen molar-refractivity contribution in [1.82, 2.24) is 0 Å². The smallest absolute Gasteiger partial charge is 0.248 e. The third-order valence-electron chi connectivity index (χ3n) is 10.6. The van der Waals surface area contributed by atoms with Crippen LogP contribution in [0.4, 0.5) is 17.1 Å². The summed E-state index contributed by atoms with van der Waals surface area (Å²) < 4.78 is 0. The molecule has 0 N–H and O–H groups in total. The van der Waals surface area contributed by atoms with Crippen LogP contribution >= 0.6 is 0 Å². The fourth-order valence-corrected chi connectivity index (χ4v) is 8.76. The van der Waals surface area contributed by atoms with E-state index in [1.54, 1.807) is 5.56 Å². The van der Waals surface area contributed by atoms with Gasteiger partial charge in [-0.05, 0) is 91.5 Å². The van der Waals surface area contributed by atoms with Gasteiger partial charge in [-0.3, -0.25) is 0 Å². The van der Waals surface area contributed by atoms with E-state index >= 15 is 0 Å². The van der Waals surface area contributed by atoms with Gasteiger partial charge in [-0.15, -0.1) is 0 Å². The molecule has 1 fully saturated rings. The highest BCUT2D eigenvalue weighted by Crippen LogP contribution is 2.46. The summed E-state index contributed by atoms with van der Waals surface area (Å²) in [5.74, 6) is 0.708. The summed E-state index contributed by atoms with van der Waals surface area (Å²) in [7, 11) is 0. The van der Waals surface area contributed by atoms with Crippen LogP contribution in [0.15, 0.2) is 115 Å². The fraction of sp³-hybridized carbons (Fsp3) is 0.150. The molecule has 0 unspecified atom stereocenters. The molecule has 1 aliphatic carbocycles. The molecule has 0 spiro atoms. The maximum Gasteiger partial charge on any atom is 0.248 e. The SMILES string of the molecule is c1ccc2c(c1)B1c3cc(C4CCCCC4)ccc3-c3cccc(c31)N2c1ccc2ccc3cccc4ccc1c2c34. The molecule has 7 aromatic carbocycles. The molecule has 7 aromatic rings. The lowest BCUT2D eigenvalue weighted by molar-refractivity contribution is 0.444. The largest absolute Gasteiger partial charge is 0.311 e. The first-order chi connectivity index (χ1) is 20.8. The van der Waals surface area contributed by atoms with Crippen molar-refractivity contribution in [1.29, 1.82) is 0 Å². The van der Waals surface area contributed by atoms with E-state index in [2.05, 4.69) is 120 Å². The molecule has 1 nitrogen and oxygen atoms in total. The topological polar surface area (TPSA) is 3.24 Å². The van der Waals surface area contributed by atoms with Crippen molar-refractivity contribution in [3.8, 4) is 11.1 Å². The van der Waals surface area contributed by atoms with Crippen LogP contribution in [-0.4, -0.2) is 6.71 Å². The third-order valence-corrected chi connectivity index (χ3v) is 10.6. The van der Waals surface area contributed by atoms with Crippen molar-refractivity contribution in [2.45, 2.75) is 38.0 Å². The second kappa shape index (κ2) is 8.49. The lowest BCUT2D eigenvalue weighted by Gasteiger charge is -2.36. The minimum atomic E-state index is 0.280. The van der Waals surface area contributed by atoms with Gasteiger partial charge in [-0.2, -0.15) is 0 Å². The molecule has 0 radical (unpaired) electrons. The number of hydrogen-bond donors (Lipinski definition) is 0. The monoisotopic (exact) mass is 535 g/mol. The van der Waals surface area contributed by atoms with Crippen LogP contribution in [-0.2, 0) is 0 Å². The number of nitrogens with zero attached hydrogens (tertiary/aromatic N) is 1. The van der Waals surface area contributed by atoms with Crippen molar-refractivity contribution < 1.29 is 0 Å². The Balaban J connectivity index is 1.23. The summed E-state index contributed by atoms with van der Waals surface area (Å²) >= 11 is 0. The van der Waals surface area contributed by atoms with E-state index in [0.717, 1.165) is 0 Å². The minimum absolute atomic E-state index is 0.280. The predicted octanol–water partition coefficient (Wildman–Crippen LogP) is 8.91. The Hall–Kier alpha value is -4.56. The number of para-hydroxylation sites is 1. The van der Waals surface area contributed by atoms with Gasteiger partial charge in [0.2, 0.25) is 6.71 Å². The highest BCUT2D eigenvalue weighted by atomic mass is 15.2. The molecule has 0 bridgehead atoms. The summed E-state index contributed by atoms with van der Waals surface area (Å²) in [6.45, 7) is 0.280. The lowest BCUT2D eigenvalue weighted by Crippen LogP contribution is -2.54. The Morgan fingerprint density at radius 2 is 1.26 bits per heavy atom. The second-order valence-electron chi connectivity index (χ2n) is 12.7. The minimum Gasteiger partial charge on any atom is -0.311 e. The highest BCUT2D eigenvalue weighted by molar-refractivity contribution is 7.01. The number of rotatable bonds is 2. The Morgan fingerprint density at radius 1 is 0.524 bits per heavy atom. The fourth-order valence-electron chi connectivity index (χ4n) is 8.76. The van der Waals surface area contributed by atoms with Gasteiger partial charge in [0.15, 0.2) is 0 Å². The van der Waals surface area contributed by atoms with E-state index in [1.165, 1.54) is 109 Å². The summed E-state index contributed by atoms with van der Waals surface area (Å²) in [6, 6.07) is 44.2.